The Balaban J connectivity index is 0.964. The number of hydrogen-bond donors (Lipinski definition) is 2. The van der Waals surface area contributed by atoms with Gasteiger partial charge in [-0.2, -0.15) is 0 Å². The van der Waals surface area contributed by atoms with Crippen LogP contribution >= 0.6 is 0 Å². The van der Waals surface area contributed by atoms with Crippen LogP contribution in [0.25, 0.3) is 91.4 Å². The number of rotatable bonds is 38. The van der Waals surface area contributed by atoms with Crippen LogP contribution in [0.4, 0.5) is 0 Å². The van der Waals surface area contributed by atoms with Crippen LogP contribution in [0.5, 0.6) is 0 Å². The van der Waals surface area contributed by atoms with Crippen LogP contribution in [-0.2, 0) is 12.8 Å². The van der Waals surface area contributed by atoms with Gasteiger partial charge in [-0.05, 0) is 123 Å². The summed E-state index contributed by atoms with van der Waals surface area (Å²) in [5, 5.41) is 0. The van der Waals surface area contributed by atoms with E-state index in [0.29, 0.717) is 0 Å². The first-order valence-electron chi connectivity index (χ1n) is 33.6. The third kappa shape index (κ3) is 18.6. The van der Waals surface area contributed by atoms with Crippen molar-refractivity contribution in [2.75, 3.05) is 0 Å². The molecule has 8 nitrogen and oxygen atoms in total. The molecule has 0 unspecified atom stereocenters. The Kier molecular flexibility index (Phi) is 25.6. The van der Waals surface area contributed by atoms with Gasteiger partial charge in [-0.1, -0.05) is 231 Å². The Bertz CT molecular complexity index is 3080. The zero-order valence-electron chi connectivity index (χ0n) is 51.4. The molecule has 0 amide bonds. The maximum atomic E-state index is 5.60. The number of aryl methyl sites for hydroxylation is 2. The lowest BCUT2D eigenvalue weighted by Crippen LogP contribution is -1.96. The lowest BCUT2D eigenvalue weighted by molar-refractivity contribution is 0.529. The quantitative estimate of drug-likeness (QED) is 0.0373. The third-order valence-corrected chi connectivity index (χ3v) is 17.3. The third-order valence-electron chi connectivity index (χ3n) is 17.3. The van der Waals surface area contributed by atoms with Crippen molar-refractivity contribution in [2.24, 2.45) is 0 Å². The first kappa shape index (κ1) is 61.8. The molecule has 8 bridgehead atoms. The molecular formula is C76H98N8. The second-order valence-corrected chi connectivity index (χ2v) is 24.1. The number of aromatic amines is 2. The van der Waals surface area contributed by atoms with Gasteiger partial charge in [0.05, 0.1) is 67.6 Å². The van der Waals surface area contributed by atoms with Gasteiger partial charge in [-0.15, -0.1) is 0 Å². The van der Waals surface area contributed by atoms with Crippen molar-refractivity contribution >= 4 is 46.4 Å². The Morgan fingerprint density at radius 2 is 0.536 bits per heavy atom. The van der Waals surface area contributed by atoms with E-state index in [4.69, 9.17) is 29.9 Å². The number of H-pyrrole nitrogens is 2. The Morgan fingerprint density at radius 1 is 0.262 bits per heavy atom. The molecule has 0 aromatic carbocycles. The predicted molar refractivity (Wildman–Crippen MR) is 358 cm³/mol. The second kappa shape index (κ2) is 34.8. The largest absolute Gasteiger partial charge is 0.354 e. The average molecular weight is 1120 g/mol. The summed E-state index contributed by atoms with van der Waals surface area (Å²) in [6.45, 7) is 4.60. The molecular weight excluding hydrogens is 1020 g/mol. The summed E-state index contributed by atoms with van der Waals surface area (Å²) in [5.74, 6) is 0. The van der Waals surface area contributed by atoms with Crippen LogP contribution in [0.3, 0.4) is 0 Å². The monoisotopic (exact) mass is 1120 g/mol. The van der Waals surface area contributed by atoms with Crippen LogP contribution < -0.4 is 0 Å². The highest BCUT2D eigenvalue weighted by molar-refractivity contribution is 5.98. The first-order chi connectivity index (χ1) is 41.7. The summed E-state index contributed by atoms with van der Waals surface area (Å²) in [4.78, 5) is 39.5. The SMILES string of the molecule is CCCCCCCCCCCCCCCCCCc1cccc(-c2c3nc(c(-c4cccc(CCCCCCCCCCCCCCCCCC)n4)c4ccc([nH]4)c(-c4ccccn4)c4nc(c(-c5ccccn5)c5ccc2[nH]5)C=C4)C=C3)n1. The Hall–Kier alpha value is -6.80. The molecule has 0 aliphatic carbocycles. The predicted octanol–water partition coefficient (Wildman–Crippen LogP) is 22.5. The van der Waals surface area contributed by atoms with E-state index in [1.54, 1.807) is 0 Å². The van der Waals surface area contributed by atoms with Crippen molar-refractivity contribution in [3.63, 3.8) is 0 Å². The van der Waals surface area contributed by atoms with Gasteiger partial charge in [0.25, 0.3) is 0 Å². The van der Waals surface area contributed by atoms with E-state index in [2.05, 4.69) is 121 Å². The number of pyridine rings is 4. The molecule has 9 rings (SSSR count). The lowest BCUT2D eigenvalue weighted by Gasteiger charge is -2.08. The molecule has 9 heterocycles. The molecule has 8 heteroatoms. The van der Waals surface area contributed by atoms with E-state index >= 15 is 0 Å². The molecule has 442 valence electrons. The second-order valence-electron chi connectivity index (χ2n) is 24.1. The zero-order valence-corrected chi connectivity index (χ0v) is 51.4. The molecule has 84 heavy (non-hydrogen) atoms. The van der Waals surface area contributed by atoms with Crippen molar-refractivity contribution in [3.05, 3.63) is 144 Å². The normalized spacial score (nSPS) is 12.0. The summed E-state index contributed by atoms with van der Waals surface area (Å²) < 4.78 is 0. The molecule has 7 aromatic heterocycles. The maximum absolute atomic E-state index is 5.60. The van der Waals surface area contributed by atoms with Crippen LogP contribution in [0.15, 0.2) is 109 Å². The smallest absolute Gasteiger partial charge is 0.0753 e. The van der Waals surface area contributed by atoms with Gasteiger partial charge < -0.3 is 9.97 Å². The van der Waals surface area contributed by atoms with Crippen LogP contribution in [-0.4, -0.2) is 39.9 Å². The van der Waals surface area contributed by atoms with Crippen LogP contribution in [0.2, 0.25) is 0 Å². The van der Waals surface area contributed by atoms with E-state index in [1.165, 1.54) is 193 Å². The molecule has 0 fully saturated rings. The number of fused-ring (bicyclic) bond motifs is 8. The van der Waals surface area contributed by atoms with Crippen LogP contribution in [0, 0.1) is 0 Å². The molecule has 2 aliphatic heterocycles. The van der Waals surface area contributed by atoms with Gasteiger partial charge in [0, 0.05) is 46.0 Å². The Labute approximate surface area is 504 Å². The Morgan fingerprint density at radius 3 is 0.821 bits per heavy atom. The number of aromatic nitrogens is 8. The summed E-state index contributed by atoms with van der Waals surface area (Å²) in [5.41, 5.74) is 16.4. The van der Waals surface area contributed by atoms with E-state index in [9.17, 15) is 0 Å². The van der Waals surface area contributed by atoms with E-state index < -0.39 is 0 Å². The zero-order chi connectivity index (χ0) is 57.6. The average Bonchev–Trinajstić information content (AvgIpc) is 3.65. The van der Waals surface area contributed by atoms with Crippen molar-refractivity contribution < 1.29 is 0 Å². The molecule has 0 atom stereocenters. The minimum Gasteiger partial charge on any atom is -0.354 e. The first-order valence-corrected chi connectivity index (χ1v) is 33.6. The summed E-state index contributed by atoms with van der Waals surface area (Å²) >= 11 is 0. The van der Waals surface area contributed by atoms with Gasteiger partial charge in [0.1, 0.15) is 0 Å². The molecule has 2 N–H and O–H groups in total. The summed E-state index contributed by atoms with van der Waals surface area (Å²) in [6, 6.07) is 33.8. The number of unbranched alkanes of at least 4 members (excludes halogenated alkanes) is 30. The minimum absolute atomic E-state index is 0.816. The standard InChI is InChI=1S/C76H98N8/c1-3-5-7-9-11-13-15-17-19-21-23-25-27-29-31-33-41-59-43-39-47-63(79-59)75-69-53-51-67(82-69)73(61-45-35-37-57-77-61)65-49-50-66(81-65)74(62-46-36-38-58-78-62)68-52-54-70(83-68)76(72-56-55-71(75)84-72)64-48-40-44-60(80-64)42-34-32-30-28-26-24-22-20-18-16-14-12-10-8-6-4-2/h35-40,43-58,82-83H,3-34,41-42H2,1-2H3. The highest BCUT2D eigenvalue weighted by Crippen LogP contribution is 2.38. The van der Waals surface area contributed by atoms with Crippen molar-refractivity contribution in [1.29, 1.82) is 0 Å². The van der Waals surface area contributed by atoms with Gasteiger partial charge >= 0.3 is 0 Å². The van der Waals surface area contributed by atoms with Gasteiger partial charge in [0.15, 0.2) is 0 Å². The molecule has 0 saturated heterocycles. The molecule has 0 spiro atoms. The lowest BCUT2D eigenvalue weighted by atomic mass is 10.0. The summed E-state index contributed by atoms with van der Waals surface area (Å²) in [6.07, 6.45) is 57.7. The fourth-order valence-corrected chi connectivity index (χ4v) is 12.5. The molecule has 0 radical (unpaired) electrons. The fraction of sp³-hybridized carbons (Fsp3) is 0.474. The van der Waals surface area contributed by atoms with Gasteiger partial charge in [-0.25, -0.2) is 9.97 Å². The summed E-state index contributed by atoms with van der Waals surface area (Å²) in [7, 11) is 0. The van der Waals surface area contributed by atoms with Gasteiger partial charge in [-0.3, -0.25) is 19.9 Å². The molecule has 2 aliphatic rings. The van der Waals surface area contributed by atoms with Crippen molar-refractivity contribution in [3.8, 4) is 45.0 Å². The van der Waals surface area contributed by atoms with Crippen molar-refractivity contribution in [1.82, 2.24) is 39.9 Å². The minimum atomic E-state index is 0.816. The fourth-order valence-electron chi connectivity index (χ4n) is 12.5. The number of nitrogens with one attached hydrogen (secondary N) is 2. The van der Waals surface area contributed by atoms with Crippen molar-refractivity contribution in [2.45, 2.75) is 232 Å². The van der Waals surface area contributed by atoms with E-state index in [1.807, 2.05) is 36.7 Å². The van der Waals surface area contributed by atoms with Gasteiger partial charge in [0.2, 0.25) is 0 Å². The number of hydrogen-bond acceptors (Lipinski definition) is 6. The van der Waals surface area contributed by atoms with E-state index in [-0.39, 0.29) is 0 Å². The topological polar surface area (TPSA) is 109 Å². The maximum Gasteiger partial charge on any atom is 0.0753 e. The molecule has 7 aromatic rings. The van der Waals surface area contributed by atoms with Crippen LogP contribution in [0.1, 0.15) is 253 Å². The number of nitrogens with zero attached hydrogens (tertiary/aromatic N) is 6. The highest BCUT2D eigenvalue weighted by Gasteiger charge is 2.21. The van der Waals surface area contributed by atoms with E-state index in [0.717, 1.165) is 127 Å². The molecule has 0 saturated carbocycles. The highest BCUT2D eigenvalue weighted by atomic mass is 14.8.